The first-order chi connectivity index (χ1) is 14.4. The van der Waals surface area contributed by atoms with Gasteiger partial charge in [0.15, 0.2) is 0 Å². The van der Waals surface area contributed by atoms with E-state index in [-0.39, 0.29) is 17.9 Å². The summed E-state index contributed by atoms with van der Waals surface area (Å²) in [6.45, 7) is 6.83. The Bertz CT molecular complexity index is 836. The first kappa shape index (κ1) is 21.9. The van der Waals surface area contributed by atoms with E-state index < -0.39 is 6.04 Å². The highest BCUT2D eigenvalue weighted by atomic mass is 35.5. The second kappa shape index (κ2) is 10.3. The van der Waals surface area contributed by atoms with Gasteiger partial charge in [0.25, 0.3) is 0 Å². The normalized spacial score (nSPS) is 15.1. The van der Waals surface area contributed by atoms with E-state index in [9.17, 15) is 9.59 Å². The fraction of sp³-hybridized carbons (Fsp3) is 0.409. The molecule has 1 saturated heterocycles. The van der Waals surface area contributed by atoms with Gasteiger partial charge in [0.05, 0.1) is 5.02 Å². The van der Waals surface area contributed by atoms with E-state index >= 15 is 0 Å². The van der Waals surface area contributed by atoms with E-state index in [4.69, 9.17) is 11.6 Å². The van der Waals surface area contributed by atoms with Crippen molar-refractivity contribution in [3.8, 4) is 0 Å². The lowest BCUT2D eigenvalue weighted by molar-refractivity contribution is -0.134. The summed E-state index contributed by atoms with van der Waals surface area (Å²) in [5.74, 6) is 0.782. The molecule has 0 spiro atoms. The number of carbonyl (C=O) groups is 2. The quantitative estimate of drug-likeness (QED) is 0.740. The van der Waals surface area contributed by atoms with E-state index in [1.54, 1.807) is 6.20 Å². The lowest BCUT2D eigenvalue weighted by Crippen LogP contribution is -2.57. The van der Waals surface area contributed by atoms with Crippen LogP contribution in [0, 0.1) is 5.92 Å². The van der Waals surface area contributed by atoms with Crippen molar-refractivity contribution in [2.75, 3.05) is 31.1 Å². The fourth-order valence-corrected chi connectivity index (χ4v) is 3.50. The predicted octanol–water partition coefficient (Wildman–Crippen LogP) is 2.91. The Labute approximate surface area is 182 Å². The third kappa shape index (κ3) is 5.86. The van der Waals surface area contributed by atoms with Gasteiger partial charge in [0.2, 0.25) is 5.91 Å². The molecule has 3 amide bonds. The Morgan fingerprint density at radius 2 is 1.77 bits per heavy atom. The third-order valence-electron chi connectivity index (χ3n) is 5.14. The smallest absolute Gasteiger partial charge is 0.315 e. The zero-order valence-electron chi connectivity index (χ0n) is 17.3. The Balaban J connectivity index is 1.52. The molecular weight excluding hydrogens is 402 g/mol. The predicted molar refractivity (Wildman–Crippen MR) is 118 cm³/mol. The molecule has 0 saturated carbocycles. The number of rotatable bonds is 6. The maximum atomic E-state index is 13.1. The van der Waals surface area contributed by atoms with Gasteiger partial charge in [-0.1, -0.05) is 55.8 Å². The minimum Gasteiger partial charge on any atom is -0.353 e. The van der Waals surface area contributed by atoms with Crippen LogP contribution in [0.1, 0.15) is 19.4 Å². The van der Waals surface area contributed by atoms with E-state index in [2.05, 4.69) is 20.5 Å². The van der Waals surface area contributed by atoms with Crippen molar-refractivity contribution in [2.45, 2.75) is 26.4 Å². The van der Waals surface area contributed by atoms with Crippen LogP contribution in [0.4, 0.5) is 10.6 Å². The van der Waals surface area contributed by atoms with Crippen molar-refractivity contribution in [1.82, 2.24) is 20.5 Å². The van der Waals surface area contributed by atoms with Gasteiger partial charge in [-0.15, -0.1) is 0 Å². The van der Waals surface area contributed by atoms with Crippen LogP contribution in [0.5, 0.6) is 0 Å². The number of hydrogen-bond donors (Lipinski definition) is 2. The Hall–Kier alpha value is -2.80. The van der Waals surface area contributed by atoms with Crippen molar-refractivity contribution < 1.29 is 9.59 Å². The minimum atomic E-state index is -0.569. The number of benzene rings is 1. The van der Waals surface area contributed by atoms with Gasteiger partial charge in [-0.2, -0.15) is 0 Å². The summed E-state index contributed by atoms with van der Waals surface area (Å²) in [6, 6.07) is 12.5. The summed E-state index contributed by atoms with van der Waals surface area (Å²) in [4.78, 5) is 33.7. The minimum absolute atomic E-state index is 0.0177. The highest BCUT2D eigenvalue weighted by Gasteiger charge is 2.31. The highest BCUT2D eigenvalue weighted by Crippen LogP contribution is 2.17. The molecule has 2 N–H and O–H groups in total. The van der Waals surface area contributed by atoms with E-state index in [0.29, 0.717) is 37.7 Å². The van der Waals surface area contributed by atoms with Crippen molar-refractivity contribution >= 4 is 29.4 Å². The number of aromatic nitrogens is 1. The first-order valence-corrected chi connectivity index (χ1v) is 10.6. The van der Waals surface area contributed by atoms with Gasteiger partial charge in [-0.3, -0.25) is 4.79 Å². The molecular formula is C22H28ClN5O2. The number of nitrogens with zero attached hydrogens (tertiary/aromatic N) is 3. The largest absolute Gasteiger partial charge is 0.353 e. The van der Waals surface area contributed by atoms with Gasteiger partial charge in [0.1, 0.15) is 11.9 Å². The van der Waals surface area contributed by atoms with Crippen LogP contribution in [0.2, 0.25) is 5.02 Å². The van der Waals surface area contributed by atoms with Gasteiger partial charge in [0, 0.05) is 38.9 Å². The molecule has 1 atom stereocenters. The van der Waals surface area contributed by atoms with Gasteiger partial charge in [-0.25, -0.2) is 9.78 Å². The summed E-state index contributed by atoms with van der Waals surface area (Å²) in [5.41, 5.74) is 1.01. The molecule has 1 aliphatic heterocycles. The van der Waals surface area contributed by atoms with E-state index in [0.717, 1.165) is 11.4 Å². The fourth-order valence-electron chi connectivity index (χ4n) is 3.39. The van der Waals surface area contributed by atoms with Gasteiger partial charge in [-0.05, 0) is 23.6 Å². The topological polar surface area (TPSA) is 77.6 Å². The number of pyridine rings is 1. The highest BCUT2D eigenvalue weighted by molar-refractivity contribution is 6.30. The maximum absolute atomic E-state index is 13.1. The van der Waals surface area contributed by atoms with Crippen LogP contribution in [0.3, 0.4) is 0 Å². The standard InChI is InChI=1S/C22H28ClN5O2/c1-16(2)20(26-22(30)25-14-17-6-4-3-5-7-17)21(29)28-12-10-27(11-13-28)19-9-8-18(23)15-24-19/h3-9,15-16,20H,10-14H2,1-2H3,(H2,25,26,30). The average Bonchev–Trinajstić information content (AvgIpc) is 2.77. The second-order valence-corrected chi connectivity index (χ2v) is 8.12. The van der Waals surface area contributed by atoms with Gasteiger partial charge < -0.3 is 20.4 Å². The maximum Gasteiger partial charge on any atom is 0.315 e. The van der Waals surface area contributed by atoms with Crippen molar-refractivity contribution in [3.63, 3.8) is 0 Å². The molecule has 1 aromatic heterocycles. The number of carbonyl (C=O) groups excluding carboxylic acids is 2. The first-order valence-electron chi connectivity index (χ1n) is 10.2. The molecule has 0 radical (unpaired) electrons. The van der Waals surface area contributed by atoms with E-state index in [1.165, 1.54) is 0 Å². The molecule has 2 aromatic rings. The summed E-state index contributed by atoms with van der Waals surface area (Å²) in [7, 11) is 0. The van der Waals surface area contributed by atoms with Crippen LogP contribution in [0.15, 0.2) is 48.7 Å². The number of halogens is 1. The molecule has 1 fully saturated rings. The zero-order chi connectivity index (χ0) is 21.5. The summed E-state index contributed by atoms with van der Waals surface area (Å²) >= 11 is 5.90. The summed E-state index contributed by atoms with van der Waals surface area (Å²) < 4.78 is 0. The molecule has 160 valence electrons. The van der Waals surface area contributed by atoms with E-state index in [1.807, 2.05) is 61.2 Å². The number of urea groups is 1. The molecule has 1 aromatic carbocycles. The molecule has 2 heterocycles. The number of hydrogen-bond acceptors (Lipinski definition) is 4. The summed E-state index contributed by atoms with van der Waals surface area (Å²) in [6.07, 6.45) is 1.63. The van der Waals surface area contributed by atoms with Gasteiger partial charge >= 0.3 is 6.03 Å². The van der Waals surface area contributed by atoms with Crippen molar-refractivity contribution in [3.05, 3.63) is 59.2 Å². The number of amides is 3. The van der Waals surface area contributed by atoms with Crippen LogP contribution in [0.25, 0.3) is 0 Å². The lowest BCUT2D eigenvalue weighted by Gasteiger charge is -2.37. The second-order valence-electron chi connectivity index (χ2n) is 7.68. The monoisotopic (exact) mass is 429 g/mol. The SMILES string of the molecule is CC(C)C(NC(=O)NCc1ccccc1)C(=O)N1CCN(c2ccc(Cl)cn2)CC1. The Morgan fingerprint density at radius 1 is 1.07 bits per heavy atom. The molecule has 8 heteroatoms. The molecule has 1 aliphatic rings. The lowest BCUT2D eigenvalue weighted by atomic mass is 10.0. The zero-order valence-corrected chi connectivity index (χ0v) is 18.1. The molecule has 1 unspecified atom stereocenters. The summed E-state index contributed by atoms with van der Waals surface area (Å²) in [5, 5.41) is 6.28. The molecule has 0 aliphatic carbocycles. The van der Waals surface area contributed by atoms with Crippen LogP contribution < -0.4 is 15.5 Å². The number of anilines is 1. The molecule has 0 bridgehead atoms. The molecule has 3 rings (SSSR count). The van der Waals surface area contributed by atoms with Crippen molar-refractivity contribution in [1.29, 1.82) is 0 Å². The Kier molecular flexibility index (Phi) is 7.52. The van der Waals surface area contributed by atoms with Crippen LogP contribution >= 0.6 is 11.6 Å². The molecule has 7 nitrogen and oxygen atoms in total. The average molecular weight is 430 g/mol. The molecule has 30 heavy (non-hydrogen) atoms. The van der Waals surface area contributed by atoms with Crippen LogP contribution in [-0.2, 0) is 11.3 Å². The third-order valence-corrected chi connectivity index (χ3v) is 5.37. The Morgan fingerprint density at radius 3 is 2.37 bits per heavy atom. The van der Waals surface area contributed by atoms with Crippen molar-refractivity contribution in [2.24, 2.45) is 5.92 Å². The number of piperazine rings is 1. The van der Waals surface area contributed by atoms with Crippen LogP contribution in [-0.4, -0.2) is 54.0 Å². The number of nitrogens with one attached hydrogen (secondary N) is 2.